The number of nitrogens with zero attached hydrogens (tertiary/aromatic N) is 3. The Morgan fingerprint density at radius 1 is 1.16 bits per heavy atom. The first-order valence-corrected chi connectivity index (χ1v) is 18.0. The van der Waals surface area contributed by atoms with E-state index in [0.717, 1.165) is 73.9 Å². The van der Waals surface area contributed by atoms with Crippen LogP contribution in [0.3, 0.4) is 0 Å². The Morgan fingerprint density at radius 2 is 2.02 bits per heavy atom. The Morgan fingerprint density at radius 3 is 2.80 bits per heavy atom. The lowest BCUT2D eigenvalue weighted by Crippen LogP contribution is -2.49. The average Bonchev–Trinajstić information content (AvgIpc) is 3.38. The lowest BCUT2D eigenvalue weighted by molar-refractivity contribution is 0.0982. The van der Waals surface area contributed by atoms with Gasteiger partial charge in [-0.15, -0.1) is 0 Å². The third kappa shape index (κ3) is 5.73. The maximum atomic E-state index is 13.5. The number of halogens is 1. The molecule has 2 bridgehead atoms. The Hall–Kier alpha value is -3.10. The molecule has 7 nitrogen and oxygen atoms in total. The topological polar surface area (TPSA) is 76.5 Å². The van der Waals surface area contributed by atoms with Crippen LogP contribution in [0.4, 0.5) is 5.69 Å². The number of carbonyl (C=O) groups excluding carboxylic acids is 1. The van der Waals surface area contributed by atoms with Gasteiger partial charge >= 0.3 is 0 Å². The van der Waals surface area contributed by atoms with Crippen LogP contribution >= 0.6 is 11.6 Å². The molecule has 1 fully saturated rings. The average molecular weight is 647 g/mol. The number of anilines is 1. The van der Waals surface area contributed by atoms with Crippen LogP contribution in [-0.2, 0) is 29.9 Å². The van der Waals surface area contributed by atoms with Crippen LogP contribution in [0.2, 0.25) is 5.02 Å². The van der Waals surface area contributed by atoms with E-state index in [-0.39, 0.29) is 28.4 Å². The molecule has 7 rings (SSSR count). The zero-order valence-electron chi connectivity index (χ0n) is 26.4. The number of hydrogen-bond donors (Lipinski definition) is 1. The highest BCUT2D eigenvalue weighted by atomic mass is 35.5. The van der Waals surface area contributed by atoms with Gasteiger partial charge in [-0.1, -0.05) is 36.7 Å². The Kier molecular flexibility index (Phi) is 8.32. The number of aryl methyl sites for hydroxylation is 2. The van der Waals surface area contributed by atoms with Crippen molar-refractivity contribution >= 4 is 34.2 Å². The standard InChI is InChI=1S/C36H43ClN4O3S/c1-23-6-4-8-30(34-38-16-17-40(34)3)29-12-9-27(29)20-41-21-36(15-5-7-25-18-28(37)11-13-31(25)36)22-44-33-14-10-26(19-32(33)41)35(42)39-45(43)24(23)2/h4,8,10-11,13-14,16-19,23-24,27,29-30H,5-7,9,12,15,20-22H2,1-3H3,(H,39,42)/b8-4+/t23?,24?,27?,29?,30?,36-,45?/m0/s1. The predicted molar refractivity (Wildman–Crippen MR) is 180 cm³/mol. The Labute approximate surface area is 274 Å². The maximum absolute atomic E-state index is 13.5. The van der Waals surface area contributed by atoms with Crippen molar-refractivity contribution in [3.05, 3.63) is 88.5 Å². The monoisotopic (exact) mass is 646 g/mol. The quantitative estimate of drug-likeness (QED) is 0.297. The molecule has 3 heterocycles. The van der Waals surface area contributed by atoms with Crippen molar-refractivity contribution in [2.24, 2.45) is 24.8 Å². The van der Waals surface area contributed by atoms with E-state index in [1.807, 2.05) is 37.5 Å². The molecule has 7 atom stereocenters. The van der Waals surface area contributed by atoms with Crippen LogP contribution in [-0.4, -0.2) is 44.6 Å². The van der Waals surface area contributed by atoms with E-state index in [2.05, 4.69) is 52.4 Å². The van der Waals surface area contributed by atoms with Crippen LogP contribution in [0.15, 0.2) is 60.9 Å². The summed E-state index contributed by atoms with van der Waals surface area (Å²) in [4.78, 5) is 20.8. The summed E-state index contributed by atoms with van der Waals surface area (Å²) in [6, 6.07) is 12.0. The number of fused-ring (bicyclic) bond motifs is 4. The molecule has 2 aromatic carbocycles. The second-order valence-corrected chi connectivity index (χ2v) is 15.8. The van der Waals surface area contributed by atoms with E-state index in [1.165, 1.54) is 11.1 Å². The second kappa shape index (κ2) is 12.3. The van der Waals surface area contributed by atoms with Crippen LogP contribution in [0.1, 0.15) is 79.2 Å². The van der Waals surface area contributed by atoms with Crippen molar-refractivity contribution in [1.29, 1.82) is 0 Å². The summed E-state index contributed by atoms with van der Waals surface area (Å²) < 4.78 is 24.9. The molecule has 0 saturated heterocycles. The maximum Gasteiger partial charge on any atom is 0.263 e. The summed E-state index contributed by atoms with van der Waals surface area (Å²) in [5.41, 5.74) is 3.89. The SMILES string of the molecule is CC1C/C=C/C(c2nccn2C)C2CCC2CN2C[C@@]3(CCCc4cc(Cl)ccc43)COc3ccc(cc32)C(=O)NS(=O)C1C. The minimum Gasteiger partial charge on any atom is -0.490 e. The molecule has 2 aliphatic carbocycles. The van der Waals surface area contributed by atoms with Gasteiger partial charge in [0.2, 0.25) is 0 Å². The molecule has 1 aromatic heterocycles. The number of nitrogens with one attached hydrogen (secondary N) is 1. The van der Waals surface area contributed by atoms with E-state index < -0.39 is 11.0 Å². The molecule has 3 aromatic rings. The van der Waals surface area contributed by atoms with Gasteiger partial charge in [-0.3, -0.25) is 9.52 Å². The number of hydrogen-bond acceptors (Lipinski definition) is 5. The Bertz CT molecular complexity index is 1650. The van der Waals surface area contributed by atoms with E-state index in [0.29, 0.717) is 24.0 Å². The van der Waals surface area contributed by atoms with Crippen LogP contribution in [0, 0.1) is 17.8 Å². The summed E-state index contributed by atoms with van der Waals surface area (Å²) in [7, 11) is 0.566. The van der Waals surface area contributed by atoms with Crippen LogP contribution < -0.4 is 14.4 Å². The first-order valence-electron chi connectivity index (χ1n) is 16.4. The lowest BCUT2D eigenvalue weighted by Gasteiger charge is -2.46. The van der Waals surface area contributed by atoms with Gasteiger partial charge < -0.3 is 14.2 Å². The Balaban J connectivity index is 1.31. The lowest BCUT2D eigenvalue weighted by atomic mass is 9.65. The van der Waals surface area contributed by atoms with E-state index >= 15 is 0 Å². The molecule has 0 radical (unpaired) electrons. The van der Waals surface area contributed by atoms with E-state index in [1.54, 1.807) is 6.07 Å². The molecule has 1 saturated carbocycles. The smallest absolute Gasteiger partial charge is 0.263 e. The largest absolute Gasteiger partial charge is 0.490 e. The minimum atomic E-state index is -1.52. The summed E-state index contributed by atoms with van der Waals surface area (Å²) in [5.74, 6) is 2.82. The third-order valence-corrected chi connectivity index (χ3v) is 12.8. The van der Waals surface area contributed by atoms with Gasteiger partial charge in [0.1, 0.15) is 22.6 Å². The zero-order valence-corrected chi connectivity index (χ0v) is 27.9. The molecular formula is C36H43ClN4O3S. The normalized spacial score (nSPS) is 32.4. The summed E-state index contributed by atoms with van der Waals surface area (Å²) in [6.45, 7) is 6.30. The number of imidazole rings is 1. The fourth-order valence-corrected chi connectivity index (χ4v) is 9.25. The van der Waals surface area contributed by atoms with E-state index in [4.69, 9.17) is 21.3 Å². The summed E-state index contributed by atoms with van der Waals surface area (Å²) in [5, 5.41) is 0.575. The molecule has 2 aliphatic heterocycles. The molecule has 6 unspecified atom stereocenters. The predicted octanol–water partition coefficient (Wildman–Crippen LogP) is 6.73. The number of benzene rings is 2. The van der Waals surface area contributed by atoms with Crippen LogP contribution in [0.25, 0.3) is 0 Å². The van der Waals surface area contributed by atoms with Crippen molar-refractivity contribution in [1.82, 2.24) is 14.3 Å². The fourth-order valence-electron chi connectivity index (χ4n) is 8.04. The van der Waals surface area contributed by atoms with Crippen molar-refractivity contribution in [2.45, 2.75) is 69.0 Å². The van der Waals surface area contributed by atoms with Gasteiger partial charge in [0, 0.05) is 54.4 Å². The molecule has 1 amide bonds. The third-order valence-electron chi connectivity index (χ3n) is 11.0. The van der Waals surface area contributed by atoms with Gasteiger partial charge in [-0.05, 0) is 105 Å². The van der Waals surface area contributed by atoms with Gasteiger partial charge in [-0.25, -0.2) is 9.19 Å². The molecular weight excluding hydrogens is 604 g/mol. The van der Waals surface area contributed by atoms with Gasteiger partial charge in [0.15, 0.2) is 0 Å². The number of amides is 1. The zero-order chi connectivity index (χ0) is 31.3. The number of allylic oxidation sites excluding steroid dienone is 2. The molecule has 9 heteroatoms. The minimum absolute atomic E-state index is 0.134. The summed E-state index contributed by atoms with van der Waals surface area (Å²) >= 11 is 6.46. The van der Waals surface area contributed by atoms with Gasteiger partial charge in [-0.2, -0.15) is 0 Å². The van der Waals surface area contributed by atoms with Gasteiger partial charge in [0.05, 0.1) is 17.5 Å². The van der Waals surface area contributed by atoms with Crippen molar-refractivity contribution in [3.63, 3.8) is 0 Å². The highest BCUT2D eigenvalue weighted by Crippen LogP contribution is 2.49. The number of ether oxygens (including phenoxy) is 1. The van der Waals surface area contributed by atoms with Crippen molar-refractivity contribution in [2.75, 3.05) is 24.6 Å². The van der Waals surface area contributed by atoms with Crippen molar-refractivity contribution in [3.8, 4) is 5.75 Å². The number of rotatable bonds is 1. The van der Waals surface area contributed by atoms with Crippen LogP contribution in [0.5, 0.6) is 5.75 Å². The molecule has 1 spiro atoms. The second-order valence-electron chi connectivity index (χ2n) is 13.8. The van der Waals surface area contributed by atoms with Gasteiger partial charge in [0.25, 0.3) is 5.91 Å². The van der Waals surface area contributed by atoms with Crippen molar-refractivity contribution < 1.29 is 13.7 Å². The molecule has 238 valence electrons. The first kappa shape index (κ1) is 30.5. The highest BCUT2D eigenvalue weighted by Gasteiger charge is 2.45. The number of carbonyl (C=O) groups is 1. The fraction of sp³-hybridized carbons (Fsp3) is 0.500. The highest BCUT2D eigenvalue weighted by molar-refractivity contribution is 7.84. The molecule has 4 aliphatic rings. The molecule has 1 N–H and O–H groups in total. The summed E-state index contributed by atoms with van der Waals surface area (Å²) in [6.07, 6.45) is 14.7. The molecule has 45 heavy (non-hydrogen) atoms. The van der Waals surface area contributed by atoms with E-state index in [9.17, 15) is 9.00 Å². The number of aromatic nitrogens is 2. The first-order chi connectivity index (χ1) is 21.7.